The van der Waals surface area contributed by atoms with Crippen LogP contribution in [-0.4, -0.2) is 38.5 Å². The lowest BCUT2D eigenvalue weighted by Crippen LogP contribution is -2.33. The Morgan fingerprint density at radius 1 is 0.944 bits per heavy atom. The van der Waals surface area contributed by atoms with Crippen molar-refractivity contribution in [1.29, 1.82) is 0 Å². The number of thioether (sulfide) groups is 1. The lowest BCUT2D eigenvalue weighted by Gasteiger charge is -2.20. The minimum Gasteiger partial charge on any atom is -0.480 e. The van der Waals surface area contributed by atoms with Gasteiger partial charge in [0, 0.05) is 15.4 Å². The number of aliphatic carboxylic acids is 1. The molecule has 0 bridgehead atoms. The zero-order valence-corrected chi connectivity index (χ0v) is 21.1. The van der Waals surface area contributed by atoms with E-state index in [4.69, 9.17) is 17.3 Å². The number of para-hydroxylation sites is 1. The van der Waals surface area contributed by atoms with Gasteiger partial charge in [-0.15, -0.1) is 0 Å². The van der Waals surface area contributed by atoms with Crippen molar-refractivity contribution in [2.75, 3.05) is 11.9 Å². The molecule has 2 heterocycles. The van der Waals surface area contributed by atoms with Gasteiger partial charge in [-0.05, 0) is 53.6 Å². The number of carboxylic acids is 1. The normalized spacial score (nSPS) is 15.7. The molecule has 36 heavy (non-hydrogen) atoms. The van der Waals surface area contributed by atoms with Crippen LogP contribution < -0.4 is 5.32 Å². The number of carbonyl (C=O) groups is 3. The van der Waals surface area contributed by atoms with Gasteiger partial charge in [-0.2, -0.15) is 0 Å². The summed E-state index contributed by atoms with van der Waals surface area (Å²) < 4.78 is 0.229. The Hall–Kier alpha value is -3.66. The molecule has 178 valence electrons. The van der Waals surface area contributed by atoms with Gasteiger partial charge in [0.05, 0.1) is 16.3 Å². The molecule has 0 atom stereocenters. The van der Waals surface area contributed by atoms with Crippen molar-refractivity contribution in [3.63, 3.8) is 0 Å². The van der Waals surface area contributed by atoms with E-state index < -0.39 is 18.4 Å². The van der Waals surface area contributed by atoms with Gasteiger partial charge in [0.1, 0.15) is 10.9 Å². The number of carboxylic acid groups (broad SMARTS) is 1. The summed E-state index contributed by atoms with van der Waals surface area (Å²) in [6.45, 7) is -0.452. The number of hydrogen-bond acceptors (Lipinski definition) is 7. The number of nitrogens with one attached hydrogen (secondary N) is 1. The predicted octanol–water partition coefficient (Wildman–Crippen LogP) is 6.08. The zero-order valence-electron chi connectivity index (χ0n) is 18.6. The van der Waals surface area contributed by atoms with E-state index in [1.54, 1.807) is 23.9 Å². The third kappa shape index (κ3) is 5.13. The predicted molar refractivity (Wildman–Crippen MR) is 148 cm³/mol. The van der Waals surface area contributed by atoms with Gasteiger partial charge in [-0.3, -0.25) is 19.3 Å². The van der Waals surface area contributed by atoms with E-state index in [9.17, 15) is 14.4 Å². The Balaban J connectivity index is 1.26. The Labute approximate surface area is 221 Å². The van der Waals surface area contributed by atoms with Crippen molar-refractivity contribution in [3.05, 3.63) is 94.4 Å². The molecule has 1 amide bonds. The van der Waals surface area contributed by atoms with Crippen molar-refractivity contribution in [2.45, 2.75) is 9.79 Å². The summed E-state index contributed by atoms with van der Waals surface area (Å²) in [7, 11) is 0. The number of allylic oxidation sites excluding steroid dienone is 1. The molecule has 3 aromatic carbocycles. The maximum absolute atomic E-state index is 12.8. The lowest BCUT2D eigenvalue weighted by molar-refractivity contribution is -0.140. The van der Waals surface area contributed by atoms with Crippen LogP contribution in [0.5, 0.6) is 0 Å². The Bertz CT molecular complexity index is 1480. The number of ketones is 1. The summed E-state index contributed by atoms with van der Waals surface area (Å²) in [5.41, 5.74) is 4.14. The number of hydrogen-bond donors (Lipinski definition) is 2. The summed E-state index contributed by atoms with van der Waals surface area (Å²) in [4.78, 5) is 39.8. The molecule has 0 saturated carbocycles. The molecular formula is C27H18N2O4S3. The Morgan fingerprint density at radius 3 is 2.44 bits per heavy atom. The SMILES string of the molecule is O=C(O)CN1C(=O)/C(=C\c2ccc(/C=C/C(=O)c3ccc4c(c3)Nc3ccccc3S4)cc2)SC1=S. The lowest BCUT2D eigenvalue weighted by atomic mass is 10.1. The van der Waals surface area contributed by atoms with E-state index in [0.717, 1.165) is 49.0 Å². The summed E-state index contributed by atoms with van der Waals surface area (Å²) in [5, 5.41) is 12.3. The maximum atomic E-state index is 12.8. The van der Waals surface area contributed by atoms with Crippen molar-refractivity contribution in [2.24, 2.45) is 0 Å². The molecule has 1 fully saturated rings. The third-order valence-corrected chi connectivity index (χ3v) is 8.00. The van der Waals surface area contributed by atoms with E-state index in [-0.39, 0.29) is 10.1 Å². The monoisotopic (exact) mass is 530 g/mol. The molecule has 2 aliphatic rings. The van der Waals surface area contributed by atoms with Crippen LogP contribution in [0.4, 0.5) is 11.4 Å². The first-order valence-electron chi connectivity index (χ1n) is 10.8. The molecule has 0 aromatic heterocycles. The van der Waals surface area contributed by atoms with Crippen molar-refractivity contribution in [1.82, 2.24) is 4.90 Å². The zero-order chi connectivity index (χ0) is 25.2. The molecule has 6 nitrogen and oxygen atoms in total. The van der Waals surface area contributed by atoms with E-state index >= 15 is 0 Å². The van der Waals surface area contributed by atoms with Crippen molar-refractivity contribution < 1.29 is 19.5 Å². The molecule has 3 aromatic rings. The number of fused-ring (bicyclic) bond motifs is 2. The number of rotatable bonds is 6. The molecule has 0 radical (unpaired) electrons. The van der Waals surface area contributed by atoms with Crippen LogP contribution >= 0.6 is 35.7 Å². The Morgan fingerprint density at radius 2 is 1.67 bits per heavy atom. The average molecular weight is 531 g/mol. The fraction of sp³-hybridized carbons (Fsp3) is 0.0370. The van der Waals surface area contributed by atoms with E-state index in [0.29, 0.717) is 10.5 Å². The van der Waals surface area contributed by atoms with Gasteiger partial charge >= 0.3 is 5.97 Å². The second-order valence-electron chi connectivity index (χ2n) is 7.96. The van der Waals surface area contributed by atoms with E-state index in [1.807, 2.05) is 60.7 Å². The third-order valence-electron chi connectivity index (χ3n) is 5.47. The number of carbonyl (C=O) groups excluding carboxylic acids is 2. The molecule has 0 unspecified atom stereocenters. The molecule has 1 saturated heterocycles. The van der Waals surface area contributed by atoms with Gasteiger partial charge in [0.2, 0.25) is 0 Å². The van der Waals surface area contributed by atoms with Gasteiger partial charge < -0.3 is 10.4 Å². The summed E-state index contributed by atoms with van der Waals surface area (Å²) in [6.07, 6.45) is 4.96. The first-order valence-corrected chi connectivity index (χ1v) is 12.9. The van der Waals surface area contributed by atoms with E-state index in [2.05, 4.69) is 11.4 Å². The average Bonchev–Trinajstić information content (AvgIpc) is 3.13. The quantitative estimate of drug-likeness (QED) is 0.176. The fourth-order valence-electron chi connectivity index (χ4n) is 3.69. The smallest absolute Gasteiger partial charge is 0.323 e. The molecule has 0 spiro atoms. The van der Waals surface area contributed by atoms with E-state index in [1.165, 1.54) is 6.08 Å². The van der Waals surface area contributed by atoms with Crippen molar-refractivity contribution >= 4 is 81.2 Å². The fourth-order valence-corrected chi connectivity index (χ4v) is 5.91. The first kappa shape index (κ1) is 24.1. The standard InChI is InChI=1S/C27H18N2O4S3/c30-21(18-10-12-23-20(14-18)28-19-3-1-2-4-22(19)35-23)11-9-16-5-7-17(8-6-16)13-24-26(33)29(15-25(31)32)27(34)36-24/h1-14,28H,15H2,(H,31,32)/b11-9+,24-13+. The second kappa shape index (κ2) is 10.1. The van der Waals surface area contributed by atoms with Crippen LogP contribution in [0, 0.1) is 0 Å². The van der Waals surface area contributed by atoms with Gasteiger partial charge in [0.15, 0.2) is 5.78 Å². The number of thiocarbonyl (C=S) groups is 1. The van der Waals surface area contributed by atoms with Gasteiger partial charge in [-0.25, -0.2) is 0 Å². The molecule has 2 aliphatic heterocycles. The highest BCUT2D eigenvalue weighted by molar-refractivity contribution is 8.26. The minimum absolute atomic E-state index is 0.102. The summed E-state index contributed by atoms with van der Waals surface area (Å²) in [5.74, 6) is -1.63. The number of nitrogens with zero attached hydrogens (tertiary/aromatic N) is 1. The van der Waals surface area contributed by atoms with Crippen LogP contribution in [0.25, 0.3) is 12.2 Å². The number of amides is 1. The van der Waals surface area contributed by atoms with Gasteiger partial charge in [-0.1, -0.05) is 78.2 Å². The highest BCUT2D eigenvalue weighted by Crippen LogP contribution is 2.44. The maximum Gasteiger partial charge on any atom is 0.323 e. The number of anilines is 2. The molecule has 0 aliphatic carbocycles. The minimum atomic E-state index is -1.12. The first-order chi connectivity index (χ1) is 17.4. The molecule has 2 N–H and O–H groups in total. The Kier molecular flexibility index (Phi) is 6.77. The second-order valence-corrected chi connectivity index (χ2v) is 10.7. The highest BCUT2D eigenvalue weighted by Gasteiger charge is 2.33. The molecule has 5 rings (SSSR count). The van der Waals surface area contributed by atoms with Crippen LogP contribution in [0.2, 0.25) is 0 Å². The highest BCUT2D eigenvalue weighted by atomic mass is 32.2. The van der Waals surface area contributed by atoms with Gasteiger partial charge in [0.25, 0.3) is 5.91 Å². The summed E-state index contributed by atoms with van der Waals surface area (Å²) >= 11 is 7.87. The molecule has 9 heteroatoms. The van der Waals surface area contributed by atoms with Crippen LogP contribution in [0.3, 0.4) is 0 Å². The van der Waals surface area contributed by atoms with Crippen LogP contribution in [-0.2, 0) is 9.59 Å². The topological polar surface area (TPSA) is 86.7 Å². The van der Waals surface area contributed by atoms with Crippen molar-refractivity contribution in [3.8, 4) is 0 Å². The summed E-state index contributed by atoms with van der Waals surface area (Å²) in [6, 6.07) is 21.0. The number of benzene rings is 3. The largest absolute Gasteiger partial charge is 0.480 e. The molecular weight excluding hydrogens is 513 g/mol. The van der Waals surface area contributed by atoms with Crippen LogP contribution in [0.15, 0.2) is 87.5 Å². The van der Waals surface area contributed by atoms with Crippen LogP contribution in [0.1, 0.15) is 21.5 Å².